The Balaban J connectivity index is 1.03. The van der Waals surface area contributed by atoms with E-state index in [0.29, 0.717) is 0 Å². The number of benzene rings is 7. The number of hydrogen-bond donors (Lipinski definition) is 0. The Morgan fingerprint density at radius 2 is 0.954 bits per heavy atom. The van der Waals surface area contributed by atoms with Crippen LogP contribution in [0.1, 0.15) is 59.1 Å². The monoisotopic (exact) mass is 834 g/mol. The molecule has 0 saturated heterocycles. The Hall–Kier alpha value is -7.94. The number of anilines is 5. The molecular formula is C63H50N2. The molecule has 2 nitrogen and oxygen atoms in total. The van der Waals surface area contributed by atoms with Crippen LogP contribution in [0.3, 0.4) is 0 Å². The number of allylic oxidation sites excluding steroid dienone is 15. The molecule has 0 aliphatic heterocycles. The molecule has 2 heteroatoms. The first-order valence-electron chi connectivity index (χ1n) is 22.9. The van der Waals surface area contributed by atoms with Gasteiger partial charge in [-0.25, -0.2) is 0 Å². The van der Waals surface area contributed by atoms with Crippen LogP contribution in [-0.2, 0) is 5.41 Å². The molecule has 0 saturated carbocycles. The molecule has 4 aliphatic rings. The molecule has 0 bridgehead atoms. The van der Waals surface area contributed by atoms with Gasteiger partial charge in [-0.1, -0.05) is 188 Å². The van der Waals surface area contributed by atoms with Crippen molar-refractivity contribution in [3.8, 4) is 0 Å². The Labute approximate surface area is 383 Å². The molecule has 312 valence electrons. The summed E-state index contributed by atoms with van der Waals surface area (Å²) in [5.41, 5.74) is 19.0. The lowest BCUT2D eigenvalue weighted by atomic mass is 9.67. The van der Waals surface area contributed by atoms with E-state index in [1.807, 2.05) is 0 Å². The second kappa shape index (κ2) is 17.7. The van der Waals surface area contributed by atoms with Gasteiger partial charge in [-0.3, -0.25) is 0 Å². The summed E-state index contributed by atoms with van der Waals surface area (Å²) in [6.45, 7) is 0. The first-order valence-corrected chi connectivity index (χ1v) is 22.9. The van der Waals surface area contributed by atoms with Crippen LogP contribution in [0.25, 0.3) is 16.7 Å². The summed E-state index contributed by atoms with van der Waals surface area (Å²) in [5, 5.41) is 0. The van der Waals surface area contributed by atoms with Gasteiger partial charge in [0.1, 0.15) is 0 Å². The average Bonchev–Trinajstić information content (AvgIpc) is 3.61. The Kier molecular flexibility index (Phi) is 10.8. The zero-order chi connectivity index (χ0) is 43.4. The summed E-state index contributed by atoms with van der Waals surface area (Å²) in [4.78, 5) is 4.78. The minimum Gasteiger partial charge on any atom is -0.314 e. The van der Waals surface area contributed by atoms with Crippen LogP contribution in [0.15, 0.2) is 266 Å². The van der Waals surface area contributed by atoms with Crippen molar-refractivity contribution in [3.63, 3.8) is 0 Å². The van der Waals surface area contributed by atoms with Crippen molar-refractivity contribution in [2.45, 2.75) is 31.1 Å². The van der Waals surface area contributed by atoms with Gasteiger partial charge in [0, 0.05) is 40.6 Å². The highest BCUT2D eigenvalue weighted by molar-refractivity contribution is 5.95. The third kappa shape index (κ3) is 7.47. The van der Waals surface area contributed by atoms with Crippen molar-refractivity contribution in [3.05, 3.63) is 300 Å². The minimum absolute atomic E-state index is 0.552. The molecular weight excluding hydrogens is 785 g/mol. The summed E-state index contributed by atoms with van der Waals surface area (Å²) in [6.07, 6.45) is 29.2. The molecule has 0 fully saturated rings. The van der Waals surface area contributed by atoms with Gasteiger partial charge in [-0.05, 0) is 142 Å². The highest BCUT2D eigenvalue weighted by atomic mass is 15.2. The van der Waals surface area contributed by atoms with Gasteiger partial charge in [-0.2, -0.15) is 0 Å². The van der Waals surface area contributed by atoms with E-state index < -0.39 is 5.41 Å². The van der Waals surface area contributed by atoms with Crippen LogP contribution in [0.2, 0.25) is 0 Å². The van der Waals surface area contributed by atoms with Gasteiger partial charge in [0.05, 0.1) is 5.41 Å². The lowest BCUT2D eigenvalue weighted by Crippen LogP contribution is -2.29. The van der Waals surface area contributed by atoms with E-state index in [4.69, 9.17) is 0 Å². The van der Waals surface area contributed by atoms with E-state index >= 15 is 0 Å². The summed E-state index contributed by atoms with van der Waals surface area (Å²) >= 11 is 0. The maximum absolute atomic E-state index is 2.42. The highest BCUT2D eigenvalue weighted by Gasteiger charge is 2.48. The zero-order valence-corrected chi connectivity index (χ0v) is 36.5. The standard InChI is InChI=1S/C63H50N2/c1-6-19-47(20-7-1)49-23-18-28-55(40-33-49)64(53-24-10-3-11-25-53)57-43-36-51(37-44-57)63(61-31-15-5-14-29-59(61)60-30-16-17-32-62(60)63)52-38-45-58(46-39-52)65(54-26-12-4-13-27-54)56-41-34-50(35-42-56)48-21-8-2-9-22-48/h1,3-8,10-13,15-27,29-46H,2,9,14,28H2. The largest absolute Gasteiger partial charge is 0.314 e. The second-order valence-corrected chi connectivity index (χ2v) is 17.0. The molecule has 0 spiro atoms. The maximum atomic E-state index is 2.42. The van der Waals surface area contributed by atoms with Crippen molar-refractivity contribution in [1.82, 2.24) is 0 Å². The lowest BCUT2D eigenvalue weighted by molar-refractivity contribution is 0.769. The molecule has 0 amide bonds. The van der Waals surface area contributed by atoms with Crippen molar-refractivity contribution in [2.24, 2.45) is 0 Å². The predicted octanol–water partition coefficient (Wildman–Crippen LogP) is 16.6. The van der Waals surface area contributed by atoms with E-state index in [9.17, 15) is 0 Å². The van der Waals surface area contributed by atoms with Crippen LogP contribution in [-0.4, -0.2) is 0 Å². The fraction of sp³-hybridized carbons (Fsp3) is 0.0794. The number of hydrogen-bond acceptors (Lipinski definition) is 2. The minimum atomic E-state index is -0.552. The molecule has 1 unspecified atom stereocenters. The van der Waals surface area contributed by atoms with E-state index in [2.05, 4.69) is 265 Å². The maximum Gasteiger partial charge on any atom is 0.0713 e. The van der Waals surface area contributed by atoms with Gasteiger partial charge in [-0.15, -0.1) is 0 Å². The van der Waals surface area contributed by atoms with E-state index in [1.54, 1.807) is 0 Å². The molecule has 65 heavy (non-hydrogen) atoms. The first-order chi connectivity index (χ1) is 32.3. The number of fused-ring (bicyclic) bond motifs is 3. The van der Waals surface area contributed by atoms with Crippen LogP contribution in [0.4, 0.5) is 28.4 Å². The fourth-order valence-electron chi connectivity index (χ4n) is 10.2. The van der Waals surface area contributed by atoms with Crippen molar-refractivity contribution >= 4 is 45.2 Å². The highest BCUT2D eigenvalue weighted by Crippen LogP contribution is 2.58. The predicted molar refractivity (Wildman–Crippen MR) is 275 cm³/mol. The van der Waals surface area contributed by atoms with Crippen LogP contribution in [0.5, 0.6) is 0 Å². The summed E-state index contributed by atoms with van der Waals surface area (Å²) in [5.74, 6) is 0. The molecule has 0 aromatic heterocycles. The van der Waals surface area contributed by atoms with Gasteiger partial charge in [0.2, 0.25) is 0 Å². The Morgan fingerprint density at radius 3 is 1.62 bits per heavy atom. The molecule has 1 atom stereocenters. The fourth-order valence-corrected chi connectivity index (χ4v) is 10.2. The molecule has 4 aliphatic carbocycles. The molecule has 0 radical (unpaired) electrons. The summed E-state index contributed by atoms with van der Waals surface area (Å²) in [6, 6.07) is 69.0. The van der Waals surface area contributed by atoms with Crippen LogP contribution < -0.4 is 9.80 Å². The average molecular weight is 835 g/mol. The summed E-state index contributed by atoms with van der Waals surface area (Å²) < 4.78 is 0. The lowest BCUT2D eigenvalue weighted by Gasteiger charge is -2.35. The van der Waals surface area contributed by atoms with Crippen molar-refractivity contribution in [2.75, 3.05) is 9.80 Å². The molecule has 7 aromatic rings. The third-order valence-electron chi connectivity index (χ3n) is 13.2. The smallest absolute Gasteiger partial charge is 0.0713 e. The molecule has 0 heterocycles. The molecule has 11 rings (SSSR count). The SMILES string of the molecule is C1=CCC=C2C(=C1)C(c1ccc(N(C3=CC=C(c4ccccc4)C=CC3)c3ccccc3)cc1)(c1ccc(N(c3ccccc3)c3ccc(C4=CCCC=C4)cc3)cc1)c1ccccc12. The third-order valence-corrected chi connectivity index (χ3v) is 13.2. The van der Waals surface area contributed by atoms with Gasteiger partial charge >= 0.3 is 0 Å². The van der Waals surface area contributed by atoms with Crippen molar-refractivity contribution in [1.29, 1.82) is 0 Å². The summed E-state index contributed by atoms with van der Waals surface area (Å²) in [7, 11) is 0. The van der Waals surface area contributed by atoms with Gasteiger partial charge < -0.3 is 9.80 Å². The quantitative estimate of drug-likeness (QED) is 0.135. The molecule has 7 aromatic carbocycles. The van der Waals surface area contributed by atoms with Crippen LogP contribution in [0, 0.1) is 0 Å². The zero-order valence-electron chi connectivity index (χ0n) is 36.5. The van der Waals surface area contributed by atoms with E-state index in [0.717, 1.165) is 54.1 Å². The normalized spacial score (nSPS) is 17.3. The second-order valence-electron chi connectivity index (χ2n) is 17.0. The molecule has 0 N–H and O–H groups in total. The van der Waals surface area contributed by atoms with Gasteiger partial charge in [0.25, 0.3) is 0 Å². The number of nitrogens with zero attached hydrogens (tertiary/aromatic N) is 2. The van der Waals surface area contributed by atoms with Crippen LogP contribution >= 0.6 is 0 Å². The Morgan fingerprint density at radius 1 is 0.400 bits per heavy atom. The van der Waals surface area contributed by atoms with Gasteiger partial charge in [0.15, 0.2) is 0 Å². The van der Waals surface area contributed by atoms with E-state index in [1.165, 1.54) is 61.4 Å². The van der Waals surface area contributed by atoms with E-state index in [-0.39, 0.29) is 0 Å². The number of para-hydroxylation sites is 2. The first kappa shape index (κ1) is 39.9. The Bertz CT molecular complexity index is 3090. The number of rotatable bonds is 10. The topological polar surface area (TPSA) is 6.48 Å². The van der Waals surface area contributed by atoms with Crippen molar-refractivity contribution < 1.29 is 0 Å².